The molecule has 32 heavy (non-hydrogen) atoms. The van der Waals surface area contributed by atoms with Crippen molar-refractivity contribution in [3.63, 3.8) is 0 Å². The molecule has 1 aliphatic rings. The normalized spacial score (nSPS) is 13.3. The lowest BCUT2D eigenvalue weighted by Gasteiger charge is -2.22. The maximum Gasteiger partial charge on any atom is 0.231 e. The molecule has 1 aliphatic carbocycles. The Kier molecular flexibility index (Phi) is 4.94. The van der Waals surface area contributed by atoms with Gasteiger partial charge in [-0.25, -0.2) is 4.57 Å². The number of benzene rings is 3. The van der Waals surface area contributed by atoms with Crippen LogP contribution in [0.3, 0.4) is 0 Å². The average molecular weight is 443 g/mol. The standard InChI is InChI=1S/C25H23ClN6/c1-31(23-21-12-11-19(26)14-22(21)32(24(27)28)25(29)30-23)20-4-2-3-18(13-20)17-9-7-16(8-10-17)15-5-6-15/h2-4,7-15,29H,5-6H2,1H3,(H3,27,28). The topological polar surface area (TPSA) is 94.8 Å². The number of halogens is 1. The predicted molar refractivity (Wildman–Crippen MR) is 130 cm³/mol. The van der Waals surface area contributed by atoms with Crippen molar-refractivity contribution < 1.29 is 0 Å². The van der Waals surface area contributed by atoms with Crippen LogP contribution in [0.15, 0.2) is 66.7 Å². The van der Waals surface area contributed by atoms with Gasteiger partial charge in [0.25, 0.3) is 0 Å². The van der Waals surface area contributed by atoms with Gasteiger partial charge in [0.2, 0.25) is 5.62 Å². The van der Waals surface area contributed by atoms with Gasteiger partial charge in [-0.15, -0.1) is 0 Å². The Bertz CT molecular complexity index is 1400. The molecule has 0 bridgehead atoms. The number of hydrogen-bond acceptors (Lipinski definition) is 4. The van der Waals surface area contributed by atoms with E-state index >= 15 is 0 Å². The fourth-order valence-electron chi connectivity index (χ4n) is 4.08. The molecule has 0 saturated heterocycles. The number of anilines is 2. The van der Waals surface area contributed by atoms with Crippen molar-refractivity contribution in [2.45, 2.75) is 18.8 Å². The van der Waals surface area contributed by atoms with Crippen molar-refractivity contribution >= 4 is 40.0 Å². The molecule has 4 aromatic rings. The van der Waals surface area contributed by atoms with Crippen LogP contribution in [0.4, 0.5) is 11.5 Å². The van der Waals surface area contributed by atoms with Crippen LogP contribution in [0.25, 0.3) is 22.0 Å². The van der Waals surface area contributed by atoms with E-state index in [0.717, 1.165) is 28.1 Å². The molecule has 0 radical (unpaired) electrons. The summed E-state index contributed by atoms with van der Waals surface area (Å²) in [6.45, 7) is 0. The number of fused-ring (bicyclic) bond motifs is 1. The summed E-state index contributed by atoms with van der Waals surface area (Å²) >= 11 is 6.20. The van der Waals surface area contributed by atoms with Gasteiger partial charge in [-0.05, 0) is 65.8 Å². The van der Waals surface area contributed by atoms with Gasteiger partial charge in [0.1, 0.15) is 5.82 Å². The molecule has 0 amide bonds. The highest BCUT2D eigenvalue weighted by Gasteiger charge is 2.23. The first kappa shape index (κ1) is 20.3. The highest BCUT2D eigenvalue weighted by atomic mass is 35.5. The molecule has 5 rings (SSSR count). The largest absolute Gasteiger partial charge is 0.369 e. The molecular formula is C25H23ClN6. The van der Waals surface area contributed by atoms with Crippen molar-refractivity contribution in [1.29, 1.82) is 10.8 Å². The number of rotatable bonds is 4. The van der Waals surface area contributed by atoms with Crippen LogP contribution in [0.1, 0.15) is 24.3 Å². The summed E-state index contributed by atoms with van der Waals surface area (Å²) in [7, 11) is 1.92. The second-order valence-corrected chi connectivity index (χ2v) is 8.58. The summed E-state index contributed by atoms with van der Waals surface area (Å²) in [4.78, 5) is 6.41. The zero-order valence-electron chi connectivity index (χ0n) is 17.6. The number of nitrogens with two attached hydrogens (primary N) is 1. The van der Waals surface area contributed by atoms with Crippen LogP contribution >= 0.6 is 11.6 Å². The second-order valence-electron chi connectivity index (χ2n) is 8.15. The van der Waals surface area contributed by atoms with Gasteiger partial charge in [-0.3, -0.25) is 10.8 Å². The Morgan fingerprint density at radius 1 is 1.06 bits per heavy atom. The molecule has 1 fully saturated rings. The molecule has 0 aliphatic heterocycles. The summed E-state index contributed by atoms with van der Waals surface area (Å²) in [6.07, 6.45) is 2.59. The Hall–Kier alpha value is -3.64. The molecule has 7 heteroatoms. The third-order valence-electron chi connectivity index (χ3n) is 5.95. The van der Waals surface area contributed by atoms with E-state index in [2.05, 4.69) is 41.4 Å². The number of nitrogen functional groups attached to an aromatic ring is 1. The molecule has 3 aromatic carbocycles. The van der Waals surface area contributed by atoms with E-state index in [4.69, 9.17) is 28.2 Å². The molecule has 160 valence electrons. The minimum atomic E-state index is -0.277. The first-order valence-corrected chi connectivity index (χ1v) is 10.9. The van der Waals surface area contributed by atoms with Crippen LogP contribution in [0.5, 0.6) is 0 Å². The lowest BCUT2D eigenvalue weighted by molar-refractivity contribution is 0.895. The van der Waals surface area contributed by atoms with Crippen LogP contribution in [-0.4, -0.2) is 22.6 Å². The van der Waals surface area contributed by atoms with Crippen LogP contribution < -0.4 is 16.3 Å². The van der Waals surface area contributed by atoms with Gasteiger partial charge in [0.05, 0.1) is 5.52 Å². The molecule has 0 unspecified atom stereocenters. The minimum Gasteiger partial charge on any atom is -0.369 e. The number of nitrogens with zero attached hydrogens (tertiary/aromatic N) is 3. The summed E-state index contributed by atoms with van der Waals surface area (Å²) in [6, 6.07) is 22.4. The Balaban J connectivity index is 1.58. The zero-order valence-corrected chi connectivity index (χ0v) is 18.4. The smallest absolute Gasteiger partial charge is 0.231 e. The Morgan fingerprint density at radius 3 is 2.50 bits per heavy atom. The predicted octanol–water partition coefficient (Wildman–Crippen LogP) is 5.22. The van der Waals surface area contributed by atoms with E-state index in [1.165, 1.54) is 23.0 Å². The van der Waals surface area contributed by atoms with E-state index in [-0.39, 0.29) is 11.6 Å². The molecule has 4 N–H and O–H groups in total. The summed E-state index contributed by atoms with van der Waals surface area (Å²) in [5.74, 6) is 1.06. The maximum atomic E-state index is 8.35. The number of aromatic nitrogens is 2. The molecule has 0 atom stereocenters. The monoisotopic (exact) mass is 442 g/mol. The molecule has 6 nitrogen and oxygen atoms in total. The van der Waals surface area contributed by atoms with Gasteiger partial charge >= 0.3 is 0 Å². The average Bonchev–Trinajstić information content (AvgIpc) is 3.63. The molecule has 0 spiro atoms. The van der Waals surface area contributed by atoms with Gasteiger partial charge in [-0.1, -0.05) is 48.0 Å². The number of nitrogens with one attached hydrogen (secondary N) is 2. The lowest BCUT2D eigenvalue weighted by atomic mass is 10.0. The van der Waals surface area contributed by atoms with E-state index in [1.54, 1.807) is 12.1 Å². The summed E-state index contributed by atoms with van der Waals surface area (Å²) < 4.78 is 1.27. The molecular weight excluding hydrogens is 420 g/mol. The summed E-state index contributed by atoms with van der Waals surface area (Å²) in [5, 5.41) is 17.5. The quantitative estimate of drug-likeness (QED) is 0.298. The van der Waals surface area contributed by atoms with Gasteiger partial charge in [0.15, 0.2) is 5.96 Å². The Labute approximate surface area is 190 Å². The highest BCUT2D eigenvalue weighted by Crippen LogP contribution is 2.40. The van der Waals surface area contributed by atoms with Crippen molar-refractivity contribution in [2.75, 3.05) is 11.9 Å². The van der Waals surface area contributed by atoms with E-state index in [0.29, 0.717) is 16.4 Å². The third-order valence-corrected chi connectivity index (χ3v) is 6.19. The molecule has 1 saturated carbocycles. The van der Waals surface area contributed by atoms with Gasteiger partial charge in [0, 0.05) is 23.1 Å². The Morgan fingerprint density at radius 2 is 1.81 bits per heavy atom. The summed E-state index contributed by atoms with van der Waals surface area (Å²) in [5.41, 5.74) is 10.8. The highest BCUT2D eigenvalue weighted by molar-refractivity contribution is 6.31. The second kappa shape index (κ2) is 7.80. The zero-order chi connectivity index (χ0) is 22.4. The van der Waals surface area contributed by atoms with E-state index in [9.17, 15) is 0 Å². The van der Waals surface area contributed by atoms with Gasteiger partial charge < -0.3 is 10.6 Å². The van der Waals surface area contributed by atoms with Crippen molar-refractivity contribution in [2.24, 2.45) is 5.73 Å². The third kappa shape index (κ3) is 3.63. The fraction of sp³-hybridized carbons (Fsp3) is 0.160. The van der Waals surface area contributed by atoms with E-state index < -0.39 is 0 Å². The first-order chi connectivity index (χ1) is 15.4. The minimum absolute atomic E-state index is 0.124. The van der Waals surface area contributed by atoms with Crippen molar-refractivity contribution in [3.8, 4) is 11.1 Å². The molecule has 1 heterocycles. The van der Waals surface area contributed by atoms with Crippen LogP contribution in [-0.2, 0) is 0 Å². The maximum absolute atomic E-state index is 8.35. The van der Waals surface area contributed by atoms with E-state index in [1.807, 2.05) is 30.1 Å². The SMILES string of the molecule is CN(c1cccc(-c2ccc(C3CC3)cc2)c1)c1nc(=N)n(C(=N)N)c2cc(Cl)ccc12. The van der Waals surface area contributed by atoms with Crippen molar-refractivity contribution in [3.05, 3.63) is 82.9 Å². The molecule has 1 aromatic heterocycles. The van der Waals surface area contributed by atoms with Gasteiger partial charge in [-0.2, -0.15) is 4.98 Å². The lowest BCUT2D eigenvalue weighted by Crippen LogP contribution is -2.35. The first-order valence-electron chi connectivity index (χ1n) is 10.5. The van der Waals surface area contributed by atoms with Crippen molar-refractivity contribution in [1.82, 2.24) is 9.55 Å². The van der Waals surface area contributed by atoms with Crippen LogP contribution in [0, 0.1) is 10.8 Å². The number of hydrogen-bond donors (Lipinski definition) is 3. The van der Waals surface area contributed by atoms with Crippen LogP contribution in [0.2, 0.25) is 5.02 Å². The fourth-order valence-corrected chi connectivity index (χ4v) is 4.25.